The van der Waals surface area contributed by atoms with E-state index in [0.29, 0.717) is 17.7 Å². The first-order chi connectivity index (χ1) is 10.3. The Kier molecular flexibility index (Phi) is 4.92. The number of rotatable bonds is 6. The Hall–Kier alpha value is -1.80. The number of benzene rings is 1. The molecule has 1 aromatic rings. The summed E-state index contributed by atoms with van der Waals surface area (Å²) in [4.78, 5) is 33.7. The maximum atomic E-state index is 11.9. The highest BCUT2D eigenvalue weighted by Gasteiger charge is 2.45. The second-order valence-corrected chi connectivity index (χ2v) is 6.40. The molecule has 0 spiro atoms. The van der Waals surface area contributed by atoms with E-state index in [4.69, 9.17) is 16.7 Å². The number of nitro groups is 1. The normalized spacial score (nSPS) is 15.7. The number of nitrogens with one attached hydrogen (secondary N) is 1. The molecule has 22 heavy (non-hydrogen) atoms. The van der Waals surface area contributed by atoms with Crippen LogP contribution in [0.2, 0.25) is 5.02 Å². The minimum absolute atomic E-state index is 0.0997. The minimum Gasteiger partial charge on any atom is -0.480 e. The Balaban J connectivity index is 2.00. The summed E-state index contributed by atoms with van der Waals surface area (Å²) in [6.45, 7) is 0. The molecule has 9 heteroatoms. The fraction of sp³-hybridized carbons (Fsp3) is 0.385. The number of carboxylic acids is 1. The molecular weight excluding hydrogens is 332 g/mol. The lowest BCUT2D eigenvalue weighted by molar-refractivity contribution is -0.387. The van der Waals surface area contributed by atoms with Gasteiger partial charge < -0.3 is 10.4 Å². The molecule has 1 aliphatic rings. The molecule has 0 heterocycles. The van der Waals surface area contributed by atoms with E-state index >= 15 is 0 Å². The fourth-order valence-electron chi connectivity index (χ4n) is 2.12. The number of hydrogen-bond donors (Lipinski definition) is 2. The highest BCUT2D eigenvalue weighted by atomic mass is 35.5. The summed E-state index contributed by atoms with van der Waals surface area (Å²) >= 11 is 6.69. The van der Waals surface area contributed by atoms with E-state index < -0.39 is 22.3 Å². The van der Waals surface area contributed by atoms with Crippen molar-refractivity contribution in [2.24, 2.45) is 0 Å². The van der Waals surface area contributed by atoms with Gasteiger partial charge in [0, 0.05) is 11.1 Å². The Morgan fingerprint density at radius 3 is 2.64 bits per heavy atom. The number of nitrogens with zero attached hydrogens (tertiary/aromatic N) is 1. The first-order valence-electron chi connectivity index (χ1n) is 6.45. The molecule has 2 rings (SSSR count). The van der Waals surface area contributed by atoms with Gasteiger partial charge in [0.15, 0.2) is 0 Å². The summed E-state index contributed by atoms with van der Waals surface area (Å²) in [5.74, 6) is -1.61. The molecule has 1 fully saturated rings. The maximum Gasteiger partial charge on any atom is 0.329 e. The van der Waals surface area contributed by atoms with Crippen molar-refractivity contribution in [2.75, 3.05) is 5.75 Å². The zero-order valence-electron chi connectivity index (χ0n) is 11.4. The molecule has 7 nitrogen and oxygen atoms in total. The quantitative estimate of drug-likeness (QED) is 0.466. The van der Waals surface area contributed by atoms with E-state index in [1.54, 1.807) is 0 Å². The average molecular weight is 345 g/mol. The lowest BCUT2D eigenvalue weighted by Gasteiger charge is -2.38. The Bertz CT molecular complexity index is 633. The van der Waals surface area contributed by atoms with Gasteiger partial charge in [0.2, 0.25) is 5.91 Å². The zero-order valence-corrected chi connectivity index (χ0v) is 12.9. The van der Waals surface area contributed by atoms with Crippen LogP contribution in [-0.2, 0) is 9.59 Å². The lowest BCUT2D eigenvalue weighted by Crippen LogP contribution is -2.59. The number of carboxylic acid groups (broad SMARTS) is 1. The molecule has 1 saturated carbocycles. The van der Waals surface area contributed by atoms with Crippen molar-refractivity contribution in [1.82, 2.24) is 5.32 Å². The van der Waals surface area contributed by atoms with Gasteiger partial charge in [-0.15, -0.1) is 11.8 Å². The lowest BCUT2D eigenvalue weighted by atomic mass is 9.77. The molecule has 1 aromatic carbocycles. The van der Waals surface area contributed by atoms with Crippen LogP contribution in [0.1, 0.15) is 19.3 Å². The Labute approximate surface area is 135 Å². The van der Waals surface area contributed by atoms with Gasteiger partial charge in [-0.2, -0.15) is 0 Å². The van der Waals surface area contributed by atoms with Crippen molar-refractivity contribution in [3.8, 4) is 0 Å². The molecule has 0 unspecified atom stereocenters. The highest BCUT2D eigenvalue weighted by molar-refractivity contribution is 8.00. The average Bonchev–Trinajstić information content (AvgIpc) is 2.40. The predicted octanol–water partition coefficient (Wildman–Crippen LogP) is 2.46. The molecule has 0 bridgehead atoms. The van der Waals surface area contributed by atoms with E-state index in [2.05, 4.69) is 5.32 Å². The van der Waals surface area contributed by atoms with Crippen LogP contribution < -0.4 is 5.32 Å². The van der Waals surface area contributed by atoms with Crippen molar-refractivity contribution in [3.05, 3.63) is 33.3 Å². The molecule has 2 N–H and O–H groups in total. The fourth-order valence-corrected chi connectivity index (χ4v) is 3.09. The van der Waals surface area contributed by atoms with Crippen molar-refractivity contribution in [3.63, 3.8) is 0 Å². The second kappa shape index (κ2) is 6.53. The van der Waals surface area contributed by atoms with Crippen molar-refractivity contribution in [2.45, 2.75) is 29.7 Å². The molecule has 0 saturated heterocycles. The first-order valence-corrected chi connectivity index (χ1v) is 7.81. The molecule has 0 aromatic heterocycles. The van der Waals surface area contributed by atoms with Crippen LogP contribution in [0.5, 0.6) is 0 Å². The third-order valence-corrected chi connectivity index (χ3v) is 4.77. The van der Waals surface area contributed by atoms with Crippen LogP contribution >= 0.6 is 23.4 Å². The van der Waals surface area contributed by atoms with Gasteiger partial charge in [-0.1, -0.05) is 11.6 Å². The van der Waals surface area contributed by atoms with Gasteiger partial charge in [0.1, 0.15) is 5.54 Å². The third-order valence-electron chi connectivity index (χ3n) is 3.47. The summed E-state index contributed by atoms with van der Waals surface area (Å²) in [5.41, 5.74) is -1.36. The molecule has 1 aliphatic carbocycles. The summed E-state index contributed by atoms with van der Waals surface area (Å²) in [6.07, 6.45) is 1.56. The van der Waals surface area contributed by atoms with Crippen molar-refractivity contribution < 1.29 is 19.6 Å². The topological polar surface area (TPSA) is 110 Å². The van der Waals surface area contributed by atoms with Crippen molar-refractivity contribution in [1.29, 1.82) is 0 Å². The summed E-state index contributed by atoms with van der Waals surface area (Å²) in [7, 11) is 0. The van der Waals surface area contributed by atoms with Gasteiger partial charge in [-0.05, 0) is 31.4 Å². The van der Waals surface area contributed by atoms with Crippen LogP contribution in [0.3, 0.4) is 0 Å². The summed E-state index contributed by atoms with van der Waals surface area (Å²) in [6, 6.07) is 4.18. The Morgan fingerprint density at radius 1 is 1.45 bits per heavy atom. The van der Waals surface area contributed by atoms with E-state index in [1.807, 2.05) is 0 Å². The monoisotopic (exact) mass is 344 g/mol. The van der Waals surface area contributed by atoms with Crippen LogP contribution in [0, 0.1) is 10.1 Å². The number of halogens is 1. The molecule has 0 radical (unpaired) electrons. The molecule has 0 atom stereocenters. The zero-order chi connectivity index (χ0) is 16.3. The van der Waals surface area contributed by atoms with Crippen molar-refractivity contribution >= 4 is 40.9 Å². The molecule has 0 aliphatic heterocycles. The second-order valence-electron chi connectivity index (χ2n) is 4.95. The standard InChI is InChI=1S/C13H13ClN2O5S/c14-8-2-3-10(9(6-8)16(20)21)22-7-11(17)15-13(12(18)19)4-1-5-13/h2-3,6H,1,4-5,7H2,(H,15,17)(H,18,19). The predicted molar refractivity (Wildman–Crippen MR) is 81.2 cm³/mol. The maximum absolute atomic E-state index is 11.9. The van der Waals surface area contributed by atoms with Crippen LogP contribution in [0.4, 0.5) is 5.69 Å². The van der Waals surface area contributed by atoms with Gasteiger partial charge in [-0.25, -0.2) is 4.79 Å². The largest absolute Gasteiger partial charge is 0.480 e. The number of hydrogen-bond acceptors (Lipinski definition) is 5. The molecule has 118 valence electrons. The van der Waals surface area contributed by atoms with E-state index in [9.17, 15) is 19.7 Å². The van der Waals surface area contributed by atoms with E-state index in [-0.39, 0.29) is 16.5 Å². The number of thioether (sulfide) groups is 1. The summed E-state index contributed by atoms with van der Waals surface area (Å²) in [5, 5.41) is 22.8. The van der Waals surface area contributed by atoms with Crippen LogP contribution in [0.25, 0.3) is 0 Å². The highest BCUT2D eigenvalue weighted by Crippen LogP contribution is 2.34. The minimum atomic E-state index is -1.18. The first kappa shape index (κ1) is 16.6. The Morgan fingerprint density at radius 2 is 2.14 bits per heavy atom. The number of nitro benzene ring substituents is 1. The van der Waals surface area contributed by atoms with Gasteiger partial charge in [-0.3, -0.25) is 14.9 Å². The summed E-state index contributed by atoms with van der Waals surface area (Å²) < 4.78 is 0. The molecule has 1 amide bonds. The molecular formula is C13H13ClN2O5S. The number of amides is 1. The van der Waals surface area contributed by atoms with Gasteiger partial charge in [0.25, 0.3) is 5.69 Å². The smallest absolute Gasteiger partial charge is 0.329 e. The third kappa shape index (κ3) is 3.50. The van der Waals surface area contributed by atoms with Crippen LogP contribution in [-0.4, -0.2) is 33.2 Å². The number of carbonyl (C=O) groups excluding carboxylic acids is 1. The van der Waals surface area contributed by atoms with Gasteiger partial charge >= 0.3 is 5.97 Å². The van der Waals surface area contributed by atoms with E-state index in [1.165, 1.54) is 18.2 Å². The number of carbonyl (C=O) groups is 2. The van der Waals surface area contributed by atoms with Gasteiger partial charge in [0.05, 0.1) is 15.6 Å². The van der Waals surface area contributed by atoms with E-state index in [0.717, 1.165) is 18.2 Å². The van der Waals surface area contributed by atoms with Crippen LogP contribution in [0.15, 0.2) is 23.1 Å². The number of aliphatic carboxylic acids is 1. The SMILES string of the molecule is O=C(CSc1ccc(Cl)cc1[N+](=O)[O-])NC1(C(=O)O)CCC1.